The van der Waals surface area contributed by atoms with Crippen LogP contribution in [0.2, 0.25) is 0 Å². The summed E-state index contributed by atoms with van der Waals surface area (Å²) in [7, 11) is 2.10. The number of rotatable bonds is 5. The molecular formula is C13H16BrN3S. The second-order valence-electron chi connectivity index (χ2n) is 4.24. The molecule has 3 nitrogen and oxygen atoms in total. The van der Waals surface area contributed by atoms with E-state index in [-0.39, 0.29) is 0 Å². The van der Waals surface area contributed by atoms with Gasteiger partial charge in [0.2, 0.25) is 0 Å². The van der Waals surface area contributed by atoms with E-state index in [0.717, 1.165) is 28.3 Å². The highest BCUT2D eigenvalue weighted by molar-refractivity contribution is 9.10. The zero-order valence-corrected chi connectivity index (χ0v) is 12.7. The van der Waals surface area contributed by atoms with Gasteiger partial charge in [0, 0.05) is 29.5 Å². The first-order valence-corrected chi connectivity index (χ1v) is 7.41. The number of nitrogens with two attached hydrogens (primary N) is 1. The first-order chi connectivity index (χ1) is 8.67. The van der Waals surface area contributed by atoms with Crippen molar-refractivity contribution in [3.8, 4) is 0 Å². The summed E-state index contributed by atoms with van der Waals surface area (Å²) in [6.45, 7) is 2.30. The summed E-state index contributed by atoms with van der Waals surface area (Å²) in [5.74, 6) is 0. The molecule has 0 unspecified atom stereocenters. The minimum absolute atomic E-state index is 0.529. The summed E-state index contributed by atoms with van der Waals surface area (Å²) < 4.78 is 1.11. The molecule has 0 spiro atoms. The maximum absolute atomic E-state index is 5.56. The molecule has 0 aliphatic heterocycles. The van der Waals surface area contributed by atoms with E-state index < -0.39 is 0 Å². The summed E-state index contributed by atoms with van der Waals surface area (Å²) in [6.07, 6.45) is 0. The number of halogens is 1. The van der Waals surface area contributed by atoms with E-state index in [0.29, 0.717) is 6.54 Å². The molecule has 0 radical (unpaired) electrons. The third-order valence-corrected chi connectivity index (χ3v) is 4.02. The minimum Gasteiger partial charge on any atom is -0.325 e. The monoisotopic (exact) mass is 325 g/mol. The Kier molecular flexibility index (Phi) is 4.88. The lowest BCUT2D eigenvalue weighted by atomic mass is 10.2. The topological polar surface area (TPSA) is 42.1 Å². The van der Waals surface area contributed by atoms with Crippen LogP contribution in [0.4, 0.5) is 0 Å². The zero-order valence-electron chi connectivity index (χ0n) is 10.3. The molecule has 0 fully saturated rings. The Bertz CT molecular complexity index is 495. The van der Waals surface area contributed by atoms with Gasteiger partial charge in [-0.1, -0.05) is 28.1 Å². The lowest BCUT2D eigenvalue weighted by Crippen LogP contribution is -2.17. The Hall–Kier alpha value is -0.750. The van der Waals surface area contributed by atoms with Crippen LogP contribution >= 0.6 is 27.3 Å². The Labute approximate surface area is 120 Å². The molecule has 0 saturated heterocycles. The second-order valence-corrected chi connectivity index (χ2v) is 6.09. The summed E-state index contributed by atoms with van der Waals surface area (Å²) in [4.78, 5) is 6.72. The third-order valence-electron chi connectivity index (χ3n) is 2.57. The Morgan fingerprint density at radius 2 is 2.00 bits per heavy atom. The van der Waals surface area contributed by atoms with Crippen molar-refractivity contribution in [2.45, 2.75) is 19.6 Å². The lowest BCUT2D eigenvalue weighted by Gasteiger charge is -2.15. The molecule has 0 saturated carbocycles. The fourth-order valence-electron chi connectivity index (χ4n) is 1.75. The molecule has 0 aliphatic carbocycles. The van der Waals surface area contributed by atoms with E-state index in [1.54, 1.807) is 11.3 Å². The summed E-state index contributed by atoms with van der Waals surface area (Å²) in [6, 6.07) is 8.40. The van der Waals surface area contributed by atoms with Gasteiger partial charge >= 0.3 is 0 Å². The van der Waals surface area contributed by atoms with E-state index in [1.807, 2.05) is 0 Å². The van der Waals surface area contributed by atoms with Crippen molar-refractivity contribution < 1.29 is 0 Å². The van der Waals surface area contributed by atoms with Crippen molar-refractivity contribution in [1.29, 1.82) is 0 Å². The fraction of sp³-hybridized carbons (Fsp3) is 0.308. The van der Waals surface area contributed by atoms with E-state index in [4.69, 9.17) is 5.73 Å². The molecule has 2 N–H and O–H groups in total. The van der Waals surface area contributed by atoms with Gasteiger partial charge in [0.15, 0.2) is 0 Å². The van der Waals surface area contributed by atoms with Crippen LogP contribution in [-0.4, -0.2) is 16.9 Å². The third kappa shape index (κ3) is 3.88. The van der Waals surface area contributed by atoms with Crippen molar-refractivity contribution in [2.24, 2.45) is 5.73 Å². The predicted molar refractivity (Wildman–Crippen MR) is 79.3 cm³/mol. The van der Waals surface area contributed by atoms with Crippen molar-refractivity contribution in [3.63, 3.8) is 0 Å². The molecule has 1 heterocycles. The van der Waals surface area contributed by atoms with E-state index in [2.05, 4.69) is 62.5 Å². The van der Waals surface area contributed by atoms with Crippen LogP contribution in [0, 0.1) is 0 Å². The smallest absolute Gasteiger partial charge is 0.106 e. The van der Waals surface area contributed by atoms with Crippen LogP contribution in [0.3, 0.4) is 0 Å². The molecule has 18 heavy (non-hydrogen) atoms. The standard InChI is InChI=1S/C13H16BrN3S/c1-17(7-10-2-4-11(14)5-3-10)8-12-9-18-13(6-15)16-12/h2-5,9H,6-8,15H2,1H3. The van der Waals surface area contributed by atoms with E-state index >= 15 is 0 Å². The maximum Gasteiger partial charge on any atom is 0.106 e. The maximum atomic E-state index is 5.56. The first kappa shape index (κ1) is 13.7. The average molecular weight is 326 g/mol. The number of hydrogen-bond donors (Lipinski definition) is 1. The van der Waals surface area contributed by atoms with Gasteiger partial charge < -0.3 is 5.73 Å². The van der Waals surface area contributed by atoms with Gasteiger partial charge in [-0.3, -0.25) is 4.90 Å². The average Bonchev–Trinajstić information content (AvgIpc) is 2.79. The molecule has 2 aromatic rings. The van der Waals surface area contributed by atoms with Gasteiger partial charge in [0.25, 0.3) is 0 Å². The van der Waals surface area contributed by atoms with Crippen molar-refractivity contribution in [1.82, 2.24) is 9.88 Å². The number of thiazole rings is 1. The fourth-order valence-corrected chi connectivity index (χ4v) is 2.68. The largest absolute Gasteiger partial charge is 0.325 e. The van der Waals surface area contributed by atoms with Gasteiger partial charge in [-0.15, -0.1) is 11.3 Å². The van der Waals surface area contributed by atoms with Gasteiger partial charge in [0.1, 0.15) is 5.01 Å². The Balaban J connectivity index is 1.91. The van der Waals surface area contributed by atoms with Crippen LogP contribution in [0.25, 0.3) is 0 Å². The molecule has 0 aliphatic rings. The van der Waals surface area contributed by atoms with Gasteiger partial charge in [-0.2, -0.15) is 0 Å². The summed E-state index contributed by atoms with van der Waals surface area (Å²) >= 11 is 5.07. The number of benzene rings is 1. The molecule has 5 heteroatoms. The molecule has 0 bridgehead atoms. The highest BCUT2D eigenvalue weighted by Gasteiger charge is 2.05. The van der Waals surface area contributed by atoms with Gasteiger partial charge in [-0.05, 0) is 24.7 Å². The van der Waals surface area contributed by atoms with Gasteiger partial charge in [-0.25, -0.2) is 4.98 Å². The van der Waals surface area contributed by atoms with Crippen molar-refractivity contribution >= 4 is 27.3 Å². The SMILES string of the molecule is CN(Cc1ccc(Br)cc1)Cc1csc(CN)n1. The highest BCUT2D eigenvalue weighted by Crippen LogP contribution is 2.14. The summed E-state index contributed by atoms with van der Waals surface area (Å²) in [5.41, 5.74) is 7.96. The van der Waals surface area contributed by atoms with Crippen LogP contribution in [0.5, 0.6) is 0 Å². The first-order valence-electron chi connectivity index (χ1n) is 5.73. The minimum atomic E-state index is 0.529. The number of hydrogen-bond acceptors (Lipinski definition) is 4. The van der Waals surface area contributed by atoms with E-state index in [1.165, 1.54) is 5.56 Å². The molecule has 2 rings (SSSR count). The normalized spacial score (nSPS) is 11.1. The Morgan fingerprint density at radius 3 is 2.61 bits per heavy atom. The molecule has 0 atom stereocenters. The number of aromatic nitrogens is 1. The summed E-state index contributed by atoms with van der Waals surface area (Å²) in [5, 5.41) is 3.09. The van der Waals surface area contributed by atoms with Crippen LogP contribution in [-0.2, 0) is 19.6 Å². The van der Waals surface area contributed by atoms with Crippen LogP contribution in [0.15, 0.2) is 34.1 Å². The second kappa shape index (κ2) is 6.43. The molecule has 0 amide bonds. The van der Waals surface area contributed by atoms with Crippen molar-refractivity contribution in [2.75, 3.05) is 7.05 Å². The van der Waals surface area contributed by atoms with E-state index in [9.17, 15) is 0 Å². The zero-order chi connectivity index (χ0) is 13.0. The highest BCUT2D eigenvalue weighted by atomic mass is 79.9. The van der Waals surface area contributed by atoms with Crippen molar-refractivity contribution in [3.05, 3.63) is 50.4 Å². The molecular weight excluding hydrogens is 310 g/mol. The van der Waals surface area contributed by atoms with Crippen LogP contribution < -0.4 is 5.73 Å². The van der Waals surface area contributed by atoms with Crippen LogP contribution in [0.1, 0.15) is 16.3 Å². The number of nitrogens with zero attached hydrogens (tertiary/aromatic N) is 2. The quantitative estimate of drug-likeness (QED) is 0.918. The molecule has 1 aromatic carbocycles. The predicted octanol–water partition coefficient (Wildman–Crippen LogP) is 3.00. The van der Waals surface area contributed by atoms with Gasteiger partial charge in [0.05, 0.1) is 5.69 Å². The molecule has 96 valence electrons. The Morgan fingerprint density at radius 1 is 1.28 bits per heavy atom. The molecule has 1 aromatic heterocycles. The lowest BCUT2D eigenvalue weighted by molar-refractivity contribution is 0.315.